The molecule has 0 fully saturated rings. The summed E-state index contributed by atoms with van der Waals surface area (Å²) in [6.45, 7) is 1.94. The van der Waals surface area contributed by atoms with Crippen molar-refractivity contribution in [2.24, 2.45) is 0 Å². The molecule has 11 heavy (non-hydrogen) atoms. The molecule has 0 aromatic carbocycles. The third kappa shape index (κ3) is 0.756. The van der Waals surface area contributed by atoms with Crippen molar-refractivity contribution >= 4 is 11.3 Å². The fraction of sp³-hybridized carbons (Fsp3) is 0.143. The molecule has 4 heteroatoms. The lowest BCUT2D eigenvalue weighted by molar-refractivity contribution is 0.927. The van der Waals surface area contributed by atoms with E-state index >= 15 is 0 Å². The van der Waals surface area contributed by atoms with Crippen LogP contribution in [0.15, 0.2) is 18.6 Å². The first-order valence-corrected chi connectivity index (χ1v) is 3.33. The second-order valence-corrected chi connectivity index (χ2v) is 2.42. The van der Waals surface area contributed by atoms with Gasteiger partial charge < -0.3 is 5.73 Å². The summed E-state index contributed by atoms with van der Waals surface area (Å²) in [4.78, 5) is 3.91. The van der Waals surface area contributed by atoms with Crippen LogP contribution in [-0.4, -0.2) is 14.6 Å². The van der Waals surface area contributed by atoms with Gasteiger partial charge in [-0.1, -0.05) is 0 Å². The van der Waals surface area contributed by atoms with Crippen molar-refractivity contribution in [3.8, 4) is 0 Å². The molecule has 0 unspecified atom stereocenters. The molecule has 2 aromatic rings. The van der Waals surface area contributed by atoms with E-state index in [1.54, 1.807) is 17.0 Å². The molecule has 2 heterocycles. The maximum atomic E-state index is 5.59. The van der Waals surface area contributed by atoms with Gasteiger partial charge in [0.05, 0.1) is 5.52 Å². The van der Waals surface area contributed by atoms with E-state index in [4.69, 9.17) is 5.73 Å². The first-order chi connectivity index (χ1) is 5.29. The Morgan fingerprint density at radius 1 is 1.55 bits per heavy atom. The molecule has 2 N–H and O–H groups in total. The van der Waals surface area contributed by atoms with Crippen molar-refractivity contribution in [3.63, 3.8) is 0 Å². The zero-order chi connectivity index (χ0) is 7.84. The normalized spacial score (nSPS) is 10.6. The number of nitrogens with zero attached hydrogens (tertiary/aromatic N) is 3. The van der Waals surface area contributed by atoms with Crippen molar-refractivity contribution < 1.29 is 0 Å². The highest BCUT2D eigenvalue weighted by Crippen LogP contribution is 2.13. The van der Waals surface area contributed by atoms with Crippen LogP contribution < -0.4 is 5.73 Å². The summed E-state index contributed by atoms with van der Waals surface area (Å²) in [5, 5.41) is 4.04. The molecule has 4 nitrogen and oxygen atoms in total. The number of hydrogen-bond donors (Lipinski definition) is 1. The van der Waals surface area contributed by atoms with Crippen LogP contribution in [0.5, 0.6) is 0 Å². The molecule has 0 saturated heterocycles. The Morgan fingerprint density at radius 2 is 2.36 bits per heavy atom. The molecule has 0 spiro atoms. The van der Waals surface area contributed by atoms with E-state index in [0.717, 1.165) is 11.1 Å². The Morgan fingerprint density at radius 3 is 3.09 bits per heavy atom. The molecule has 0 aliphatic heterocycles. The van der Waals surface area contributed by atoms with Gasteiger partial charge in [0.1, 0.15) is 12.1 Å². The molecule has 0 saturated carbocycles. The Kier molecular flexibility index (Phi) is 1.09. The SMILES string of the molecule is Cc1c(N)nn2cnccc12. The topological polar surface area (TPSA) is 56.2 Å². The highest BCUT2D eigenvalue weighted by molar-refractivity contribution is 5.61. The molecule has 0 aliphatic rings. The fourth-order valence-corrected chi connectivity index (χ4v) is 1.05. The van der Waals surface area contributed by atoms with Gasteiger partial charge in [0, 0.05) is 11.8 Å². The largest absolute Gasteiger partial charge is 0.382 e. The van der Waals surface area contributed by atoms with E-state index in [2.05, 4.69) is 10.1 Å². The molecule has 0 radical (unpaired) electrons. The van der Waals surface area contributed by atoms with Crippen molar-refractivity contribution in [1.29, 1.82) is 0 Å². The van der Waals surface area contributed by atoms with Gasteiger partial charge in [-0.3, -0.25) is 0 Å². The minimum Gasteiger partial charge on any atom is -0.382 e. The summed E-state index contributed by atoms with van der Waals surface area (Å²) < 4.78 is 1.67. The number of nitrogens with two attached hydrogens (primary N) is 1. The van der Waals surface area contributed by atoms with Gasteiger partial charge in [0.15, 0.2) is 0 Å². The van der Waals surface area contributed by atoms with Crippen LogP contribution in [-0.2, 0) is 0 Å². The third-order valence-corrected chi connectivity index (χ3v) is 1.73. The molecule has 56 valence electrons. The zero-order valence-electron chi connectivity index (χ0n) is 6.15. The monoisotopic (exact) mass is 148 g/mol. The third-order valence-electron chi connectivity index (χ3n) is 1.73. The summed E-state index contributed by atoms with van der Waals surface area (Å²) in [6.07, 6.45) is 3.36. The van der Waals surface area contributed by atoms with E-state index in [1.807, 2.05) is 13.0 Å². The van der Waals surface area contributed by atoms with Gasteiger partial charge >= 0.3 is 0 Å². The predicted octanol–water partition coefficient (Wildman–Crippen LogP) is 0.620. The summed E-state index contributed by atoms with van der Waals surface area (Å²) in [7, 11) is 0. The van der Waals surface area contributed by atoms with Crippen molar-refractivity contribution in [1.82, 2.24) is 14.6 Å². The molecular weight excluding hydrogens is 140 g/mol. The lowest BCUT2D eigenvalue weighted by atomic mass is 10.3. The zero-order valence-corrected chi connectivity index (χ0v) is 6.15. The number of nitrogen functional groups attached to an aromatic ring is 1. The van der Waals surface area contributed by atoms with Crippen LogP contribution in [0.2, 0.25) is 0 Å². The second kappa shape index (κ2) is 1.95. The Hall–Kier alpha value is -1.58. The molecule has 2 aromatic heterocycles. The smallest absolute Gasteiger partial charge is 0.149 e. The van der Waals surface area contributed by atoms with Crippen LogP contribution in [0, 0.1) is 6.92 Å². The second-order valence-electron chi connectivity index (χ2n) is 2.42. The average Bonchev–Trinajstić information content (AvgIpc) is 2.30. The van der Waals surface area contributed by atoms with Crippen molar-refractivity contribution in [3.05, 3.63) is 24.2 Å². The van der Waals surface area contributed by atoms with Crippen LogP contribution >= 0.6 is 0 Å². The fourth-order valence-electron chi connectivity index (χ4n) is 1.05. The minimum atomic E-state index is 0.568. The number of anilines is 1. The van der Waals surface area contributed by atoms with Gasteiger partial charge in [0.25, 0.3) is 0 Å². The highest BCUT2D eigenvalue weighted by atomic mass is 15.3. The Bertz CT molecular complexity index is 390. The number of fused-ring (bicyclic) bond motifs is 1. The summed E-state index contributed by atoms with van der Waals surface area (Å²) in [5.41, 5.74) is 7.61. The molecule has 0 amide bonds. The van der Waals surface area contributed by atoms with E-state index in [9.17, 15) is 0 Å². The highest BCUT2D eigenvalue weighted by Gasteiger charge is 2.02. The lowest BCUT2D eigenvalue weighted by Gasteiger charge is -1.88. The summed E-state index contributed by atoms with van der Waals surface area (Å²) in [6, 6.07) is 1.89. The van der Waals surface area contributed by atoms with Gasteiger partial charge in [-0.25, -0.2) is 9.50 Å². The molecule has 0 bridgehead atoms. The first-order valence-electron chi connectivity index (χ1n) is 3.33. The number of rotatable bonds is 0. The van der Waals surface area contributed by atoms with Crippen LogP contribution in [0.1, 0.15) is 5.56 Å². The average molecular weight is 148 g/mol. The predicted molar refractivity (Wildman–Crippen MR) is 42.1 cm³/mol. The van der Waals surface area contributed by atoms with E-state index in [-0.39, 0.29) is 0 Å². The lowest BCUT2D eigenvalue weighted by Crippen LogP contribution is -1.89. The van der Waals surface area contributed by atoms with E-state index < -0.39 is 0 Å². The summed E-state index contributed by atoms with van der Waals surface area (Å²) in [5.74, 6) is 0.568. The van der Waals surface area contributed by atoms with Crippen LogP contribution in [0.3, 0.4) is 0 Å². The number of aryl methyl sites for hydroxylation is 1. The molecule has 0 aliphatic carbocycles. The maximum Gasteiger partial charge on any atom is 0.149 e. The standard InChI is InChI=1S/C7H8N4/c1-5-6-2-3-9-4-11(6)10-7(5)8/h2-4H,1H3,(H2,8,10). The van der Waals surface area contributed by atoms with E-state index in [0.29, 0.717) is 5.82 Å². The molecule has 0 atom stereocenters. The van der Waals surface area contributed by atoms with Gasteiger partial charge in [-0.15, -0.1) is 5.10 Å². The van der Waals surface area contributed by atoms with Crippen LogP contribution in [0.4, 0.5) is 5.82 Å². The van der Waals surface area contributed by atoms with Gasteiger partial charge in [0.2, 0.25) is 0 Å². The minimum absolute atomic E-state index is 0.568. The number of hydrogen-bond acceptors (Lipinski definition) is 3. The van der Waals surface area contributed by atoms with Crippen LogP contribution in [0.25, 0.3) is 5.52 Å². The first kappa shape index (κ1) is 6.15. The van der Waals surface area contributed by atoms with Gasteiger partial charge in [-0.05, 0) is 13.0 Å². The van der Waals surface area contributed by atoms with Gasteiger partial charge in [-0.2, -0.15) is 0 Å². The van der Waals surface area contributed by atoms with Crippen molar-refractivity contribution in [2.45, 2.75) is 6.92 Å². The quantitative estimate of drug-likeness (QED) is 0.595. The Balaban J connectivity index is 2.92. The molecular formula is C7H8N4. The van der Waals surface area contributed by atoms with E-state index in [1.165, 1.54) is 0 Å². The molecule has 2 rings (SSSR count). The summed E-state index contributed by atoms with van der Waals surface area (Å²) >= 11 is 0. The number of aromatic nitrogens is 3. The van der Waals surface area contributed by atoms with Crippen molar-refractivity contribution in [2.75, 3.05) is 5.73 Å². The Labute approximate surface area is 63.7 Å². The maximum absolute atomic E-state index is 5.59.